The number of halogens is 1. The van der Waals surface area contributed by atoms with Gasteiger partial charge in [-0.15, -0.1) is 0 Å². The predicted molar refractivity (Wildman–Crippen MR) is 81.7 cm³/mol. The molecule has 2 rings (SSSR count). The summed E-state index contributed by atoms with van der Waals surface area (Å²) in [6, 6.07) is 4.07. The van der Waals surface area contributed by atoms with Gasteiger partial charge in [0.25, 0.3) is 0 Å². The summed E-state index contributed by atoms with van der Waals surface area (Å²) in [7, 11) is 0. The van der Waals surface area contributed by atoms with Crippen LogP contribution in [0.1, 0.15) is 30.8 Å². The van der Waals surface area contributed by atoms with Gasteiger partial charge in [0.2, 0.25) is 0 Å². The molecule has 2 aromatic rings. The van der Waals surface area contributed by atoms with Crippen LogP contribution in [0, 0.1) is 13.8 Å². The van der Waals surface area contributed by atoms with Crippen molar-refractivity contribution in [3.63, 3.8) is 0 Å². The van der Waals surface area contributed by atoms with Crippen LogP contribution in [-0.4, -0.2) is 21.0 Å². The number of pyridine rings is 1. The van der Waals surface area contributed by atoms with Crippen molar-refractivity contribution in [3.8, 4) is 11.5 Å². The number of nitrogens with one attached hydrogen (secondary N) is 1. The Balaban J connectivity index is 2.32. The molecule has 0 bridgehead atoms. The molecule has 0 fully saturated rings. The Hall–Kier alpha value is -1.52. The lowest BCUT2D eigenvalue weighted by Crippen LogP contribution is -2.23. The van der Waals surface area contributed by atoms with Crippen molar-refractivity contribution in [2.75, 3.05) is 0 Å². The van der Waals surface area contributed by atoms with Crippen LogP contribution in [0.5, 0.6) is 0 Å². The lowest BCUT2D eigenvalue weighted by Gasteiger charge is -2.13. The molecule has 20 heavy (non-hydrogen) atoms. The van der Waals surface area contributed by atoms with Crippen molar-refractivity contribution >= 4 is 11.6 Å². The highest BCUT2D eigenvalue weighted by Crippen LogP contribution is 2.18. The summed E-state index contributed by atoms with van der Waals surface area (Å²) < 4.78 is 0. The Morgan fingerprint density at radius 2 is 1.80 bits per heavy atom. The van der Waals surface area contributed by atoms with E-state index in [1.807, 2.05) is 19.9 Å². The van der Waals surface area contributed by atoms with E-state index in [4.69, 9.17) is 11.6 Å². The number of aromatic nitrogens is 3. The molecule has 0 atom stereocenters. The Labute approximate surface area is 124 Å². The lowest BCUT2D eigenvalue weighted by molar-refractivity contribution is 0.583. The molecule has 0 aliphatic heterocycles. The number of hydrogen-bond acceptors (Lipinski definition) is 4. The second-order valence-corrected chi connectivity index (χ2v) is 5.53. The van der Waals surface area contributed by atoms with Crippen LogP contribution in [0.4, 0.5) is 0 Å². The van der Waals surface area contributed by atoms with Crippen LogP contribution in [0.15, 0.2) is 18.3 Å². The van der Waals surface area contributed by atoms with Crippen LogP contribution in [-0.2, 0) is 6.54 Å². The summed E-state index contributed by atoms with van der Waals surface area (Å²) in [5, 5.41) is 4.01. The van der Waals surface area contributed by atoms with Crippen LogP contribution in [0.3, 0.4) is 0 Å². The van der Waals surface area contributed by atoms with Crippen LogP contribution in [0.2, 0.25) is 5.02 Å². The SMILES string of the molecule is Cc1nc(-c2ccc(Cl)cn2)nc(C)c1CNC(C)C. The number of rotatable bonds is 4. The summed E-state index contributed by atoms with van der Waals surface area (Å²) >= 11 is 5.85. The monoisotopic (exact) mass is 290 g/mol. The third kappa shape index (κ3) is 3.52. The van der Waals surface area contributed by atoms with Crippen molar-refractivity contribution < 1.29 is 0 Å². The fourth-order valence-corrected chi connectivity index (χ4v) is 2.04. The molecular weight excluding hydrogens is 272 g/mol. The molecule has 106 valence electrons. The first kappa shape index (κ1) is 14.9. The molecule has 0 radical (unpaired) electrons. The van der Waals surface area contributed by atoms with Gasteiger partial charge in [-0.3, -0.25) is 4.98 Å². The highest BCUT2D eigenvalue weighted by molar-refractivity contribution is 6.30. The smallest absolute Gasteiger partial charge is 0.178 e. The summed E-state index contributed by atoms with van der Waals surface area (Å²) in [6.07, 6.45) is 1.61. The fraction of sp³-hybridized carbons (Fsp3) is 0.400. The van der Waals surface area contributed by atoms with Gasteiger partial charge in [0.05, 0.1) is 5.02 Å². The quantitative estimate of drug-likeness (QED) is 0.938. The number of hydrogen-bond donors (Lipinski definition) is 1. The average Bonchev–Trinajstić information content (AvgIpc) is 2.38. The van der Waals surface area contributed by atoms with E-state index < -0.39 is 0 Å². The minimum absolute atomic E-state index is 0.436. The highest BCUT2D eigenvalue weighted by atomic mass is 35.5. The molecule has 0 aliphatic rings. The summed E-state index contributed by atoms with van der Waals surface area (Å²) in [5.74, 6) is 0.643. The molecule has 0 saturated heterocycles. The van der Waals surface area contributed by atoms with Crippen molar-refractivity contribution in [2.24, 2.45) is 0 Å². The summed E-state index contributed by atoms with van der Waals surface area (Å²) in [6.45, 7) is 9.04. The molecular formula is C15H19ClN4. The molecule has 0 unspecified atom stereocenters. The van der Waals surface area contributed by atoms with Gasteiger partial charge in [0, 0.05) is 35.7 Å². The van der Waals surface area contributed by atoms with Gasteiger partial charge in [-0.2, -0.15) is 0 Å². The van der Waals surface area contributed by atoms with Gasteiger partial charge in [-0.1, -0.05) is 25.4 Å². The second-order valence-electron chi connectivity index (χ2n) is 5.09. The first-order valence-corrected chi connectivity index (χ1v) is 7.04. The van der Waals surface area contributed by atoms with Crippen LogP contribution < -0.4 is 5.32 Å². The molecule has 2 heterocycles. The van der Waals surface area contributed by atoms with E-state index in [-0.39, 0.29) is 0 Å². The van der Waals surface area contributed by atoms with Gasteiger partial charge in [0.15, 0.2) is 5.82 Å². The maximum Gasteiger partial charge on any atom is 0.178 e. The first-order valence-electron chi connectivity index (χ1n) is 6.67. The molecule has 2 aromatic heterocycles. The molecule has 0 saturated carbocycles. The molecule has 5 heteroatoms. The molecule has 1 N–H and O–H groups in total. The van der Waals surface area contributed by atoms with E-state index in [1.165, 1.54) is 0 Å². The van der Waals surface area contributed by atoms with Crippen molar-refractivity contribution in [2.45, 2.75) is 40.3 Å². The second kappa shape index (κ2) is 6.29. The van der Waals surface area contributed by atoms with Crippen LogP contribution in [0.25, 0.3) is 11.5 Å². The fourth-order valence-electron chi connectivity index (χ4n) is 1.92. The van der Waals surface area contributed by atoms with Crippen molar-refractivity contribution in [1.82, 2.24) is 20.3 Å². The highest BCUT2D eigenvalue weighted by Gasteiger charge is 2.11. The maximum atomic E-state index is 5.85. The minimum atomic E-state index is 0.436. The molecule has 0 amide bonds. The van der Waals surface area contributed by atoms with Gasteiger partial charge < -0.3 is 5.32 Å². The molecule has 4 nitrogen and oxygen atoms in total. The van der Waals surface area contributed by atoms with E-state index in [0.717, 1.165) is 29.2 Å². The maximum absolute atomic E-state index is 5.85. The number of nitrogens with zero attached hydrogens (tertiary/aromatic N) is 3. The van der Waals surface area contributed by atoms with Gasteiger partial charge in [-0.05, 0) is 26.0 Å². The summed E-state index contributed by atoms with van der Waals surface area (Å²) in [4.78, 5) is 13.4. The molecule has 0 spiro atoms. The zero-order valence-corrected chi connectivity index (χ0v) is 13.0. The largest absolute Gasteiger partial charge is 0.310 e. The first-order chi connectivity index (χ1) is 9.47. The predicted octanol–water partition coefficient (Wildman–Crippen LogP) is 3.31. The lowest BCUT2D eigenvalue weighted by atomic mass is 10.1. The van der Waals surface area contributed by atoms with Gasteiger partial charge in [0.1, 0.15) is 5.69 Å². The minimum Gasteiger partial charge on any atom is -0.310 e. The Morgan fingerprint density at radius 1 is 1.15 bits per heavy atom. The zero-order valence-electron chi connectivity index (χ0n) is 12.2. The Kier molecular flexibility index (Phi) is 4.68. The summed E-state index contributed by atoms with van der Waals surface area (Å²) in [5.41, 5.74) is 3.86. The van der Waals surface area contributed by atoms with Crippen LogP contribution >= 0.6 is 11.6 Å². The van der Waals surface area contributed by atoms with E-state index in [0.29, 0.717) is 16.9 Å². The van der Waals surface area contributed by atoms with Gasteiger partial charge >= 0.3 is 0 Å². The van der Waals surface area contributed by atoms with Crippen molar-refractivity contribution in [3.05, 3.63) is 40.3 Å². The zero-order chi connectivity index (χ0) is 14.7. The van der Waals surface area contributed by atoms with E-state index in [9.17, 15) is 0 Å². The topological polar surface area (TPSA) is 50.7 Å². The average molecular weight is 291 g/mol. The standard InChI is InChI=1S/C15H19ClN4/c1-9(2)17-8-13-10(3)19-15(20-11(13)4)14-6-5-12(16)7-18-14/h5-7,9,17H,8H2,1-4H3. The Bertz CT molecular complexity index is 570. The Morgan fingerprint density at radius 3 is 2.30 bits per heavy atom. The third-order valence-electron chi connectivity index (χ3n) is 3.06. The van der Waals surface area contributed by atoms with E-state index >= 15 is 0 Å². The van der Waals surface area contributed by atoms with E-state index in [1.54, 1.807) is 12.3 Å². The van der Waals surface area contributed by atoms with E-state index in [2.05, 4.69) is 34.1 Å². The number of aryl methyl sites for hydroxylation is 2. The normalized spacial score (nSPS) is 11.1. The molecule has 0 aromatic carbocycles. The third-order valence-corrected chi connectivity index (χ3v) is 3.29. The molecule has 0 aliphatic carbocycles. The van der Waals surface area contributed by atoms with Crippen molar-refractivity contribution in [1.29, 1.82) is 0 Å². The van der Waals surface area contributed by atoms with Gasteiger partial charge in [-0.25, -0.2) is 9.97 Å².